The van der Waals surface area contributed by atoms with Crippen LogP contribution in [0.5, 0.6) is 0 Å². The molecule has 0 radical (unpaired) electrons. The topological polar surface area (TPSA) is 44.8 Å². The lowest BCUT2D eigenvalue weighted by Crippen LogP contribution is -2.23. The lowest BCUT2D eigenvalue weighted by molar-refractivity contribution is -0.219. The highest BCUT2D eigenvalue weighted by molar-refractivity contribution is 5.81. The van der Waals surface area contributed by atoms with Gasteiger partial charge in [-0.2, -0.15) is 0 Å². The Morgan fingerprint density at radius 3 is 3.08 bits per heavy atom. The third-order valence-corrected chi connectivity index (χ3v) is 1.68. The van der Waals surface area contributed by atoms with Gasteiger partial charge in [-0.3, -0.25) is 0 Å². The second-order valence-electron chi connectivity index (χ2n) is 2.79. The molecule has 1 aliphatic rings. The summed E-state index contributed by atoms with van der Waals surface area (Å²) in [5, 5.41) is 0. The molecule has 1 fully saturated rings. The first kappa shape index (κ1) is 10.2. The Kier molecular flexibility index (Phi) is 3.92. The van der Waals surface area contributed by atoms with Crippen LogP contribution in [0.3, 0.4) is 0 Å². The molecule has 1 rings (SSSR count). The van der Waals surface area contributed by atoms with Crippen molar-refractivity contribution in [3.8, 4) is 0 Å². The van der Waals surface area contributed by atoms with Crippen LogP contribution in [0.25, 0.3) is 0 Å². The molecular weight excluding hydrogens is 172 g/mol. The SMILES string of the molecule is C=CC(=O)OC(C)OC1CCCO1. The quantitative estimate of drug-likeness (QED) is 0.376. The van der Waals surface area contributed by atoms with E-state index in [0.717, 1.165) is 18.9 Å². The van der Waals surface area contributed by atoms with Gasteiger partial charge in [0.1, 0.15) is 0 Å². The molecule has 4 heteroatoms. The van der Waals surface area contributed by atoms with E-state index in [1.54, 1.807) is 6.92 Å². The van der Waals surface area contributed by atoms with Crippen molar-refractivity contribution in [2.45, 2.75) is 32.3 Å². The number of carbonyl (C=O) groups is 1. The van der Waals surface area contributed by atoms with Crippen molar-refractivity contribution in [3.63, 3.8) is 0 Å². The van der Waals surface area contributed by atoms with Gasteiger partial charge in [0.05, 0.1) is 0 Å². The molecule has 1 heterocycles. The summed E-state index contributed by atoms with van der Waals surface area (Å²) in [5.74, 6) is -0.481. The van der Waals surface area contributed by atoms with E-state index >= 15 is 0 Å². The first-order valence-corrected chi connectivity index (χ1v) is 4.32. The van der Waals surface area contributed by atoms with E-state index < -0.39 is 12.3 Å². The lowest BCUT2D eigenvalue weighted by Gasteiger charge is -2.17. The van der Waals surface area contributed by atoms with Gasteiger partial charge in [0, 0.05) is 19.1 Å². The predicted molar refractivity (Wildman–Crippen MR) is 45.8 cm³/mol. The maximum absolute atomic E-state index is 10.7. The fraction of sp³-hybridized carbons (Fsp3) is 0.667. The minimum Gasteiger partial charge on any atom is -0.433 e. The third-order valence-electron chi connectivity index (χ3n) is 1.68. The molecule has 74 valence electrons. The average molecular weight is 186 g/mol. The second kappa shape index (κ2) is 4.99. The van der Waals surface area contributed by atoms with Gasteiger partial charge in [0.15, 0.2) is 6.29 Å². The van der Waals surface area contributed by atoms with Gasteiger partial charge in [0.25, 0.3) is 0 Å². The molecule has 0 aliphatic carbocycles. The van der Waals surface area contributed by atoms with Crippen molar-refractivity contribution in [3.05, 3.63) is 12.7 Å². The van der Waals surface area contributed by atoms with E-state index in [9.17, 15) is 4.79 Å². The van der Waals surface area contributed by atoms with Gasteiger partial charge in [0.2, 0.25) is 6.29 Å². The zero-order valence-electron chi connectivity index (χ0n) is 7.69. The van der Waals surface area contributed by atoms with Crippen LogP contribution in [0.15, 0.2) is 12.7 Å². The third kappa shape index (κ3) is 3.57. The maximum Gasteiger partial charge on any atom is 0.332 e. The first-order valence-electron chi connectivity index (χ1n) is 4.32. The molecule has 1 saturated heterocycles. The molecule has 0 aromatic carbocycles. The minimum absolute atomic E-state index is 0.229. The maximum atomic E-state index is 10.7. The summed E-state index contributed by atoms with van der Waals surface area (Å²) in [6.07, 6.45) is 2.15. The summed E-state index contributed by atoms with van der Waals surface area (Å²) in [6, 6.07) is 0. The number of hydrogen-bond donors (Lipinski definition) is 0. The van der Waals surface area contributed by atoms with Crippen molar-refractivity contribution < 1.29 is 19.0 Å². The molecular formula is C9H14O4. The van der Waals surface area contributed by atoms with E-state index in [1.807, 2.05) is 0 Å². The van der Waals surface area contributed by atoms with E-state index in [2.05, 4.69) is 6.58 Å². The van der Waals surface area contributed by atoms with Crippen molar-refractivity contribution in [2.75, 3.05) is 6.61 Å². The molecule has 0 aromatic rings. The second-order valence-corrected chi connectivity index (χ2v) is 2.79. The highest BCUT2D eigenvalue weighted by Crippen LogP contribution is 2.15. The molecule has 0 spiro atoms. The molecule has 2 atom stereocenters. The zero-order valence-corrected chi connectivity index (χ0v) is 7.69. The molecule has 0 aromatic heterocycles. The smallest absolute Gasteiger partial charge is 0.332 e. The zero-order chi connectivity index (χ0) is 9.68. The fourth-order valence-electron chi connectivity index (χ4n) is 1.11. The highest BCUT2D eigenvalue weighted by atomic mass is 16.8. The summed E-state index contributed by atoms with van der Waals surface area (Å²) >= 11 is 0. The van der Waals surface area contributed by atoms with E-state index in [0.29, 0.717) is 6.61 Å². The van der Waals surface area contributed by atoms with Crippen LogP contribution >= 0.6 is 0 Å². The molecule has 2 unspecified atom stereocenters. The molecule has 0 amide bonds. The summed E-state index contributed by atoms with van der Waals surface area (Å²) in [5.41, 5.74) is 0. The van der Waals surface area contributed by atoms with Gasteiger partial charge in [-0.05, 0) is 13.3 Å². The van der Waals surface area contributed by atoms with Gasteiger partial charge < -0.3 is 14.2 Å². The predicted octanol–water partition coefficient (Wildman–Crippen LogP) is 1.21. The average Bonchev–Trinajstić information content (AvgIpc) is 2.56. The standard InChI is InChI=1S/C9H14O4/c1-3-8(10)12-7(2)13-9-5-4-6-11-9/h3,7,9H,1,4-6H2,2H3. The van der Waals surface area contributed by atoms with E-state index in [4.69, 9.17) is 14.2 Å². The molecule has 13 heavy (non-hydrogen) atoms. The van der Waals surface area contributed by atoms with Gasteiger partial charge >= 0.3 is 5.97 Å². The molecule has 0 N–H and O–H groups in total. The Morgan fingerprint density at radius 2 is 2.54 bits per heavy atom. The van der Waals surface area contributed by atoms with Crippen LogP contribution < -0.4 is 0 Å². The van der Waals surface area contributed by atoms with Gasteiger partial charge in [-0.1, -0.05) is 6.58 Å². The van der Waals surface area contributed by atoms with Crippen LogP contribution in [0.2, 0.25) is 0 Å². The van der Waals surface area contributed by atoms with Crippen molar-refractivity contribution in [1.29, 1.82) is 0 Å². The van der Waals surface area contributed by atoms with Crippen molar-refractivity contribution in [2.24, 2.45) is 0 Å². The Balaban J connectivity index is 2.19. The normalized spacial score (nSPS) is 23.9. The van der Waals surface area contributed by atoms with Crippen LogP contribution in [-0.2, 0) is 19.0 Å². The number of rotatable bonds is 4. The number of esters is 1. The monoisotopic (exact) mass is 186 g/mol. The molecule has 0 saturated carbocycles. The Labute approximate surface area is 77.5 Å². The van der Waals surface area contributed by atoms with Gasteiger partial charge in [-0.25, -0.2) is 4.79 Å². The van der Waals surface area contributed by atoms with E-state index in [-0.39, 0.29) is 6.29 Å². The van der Waals surface area contributed by atoms with Crippen molar-refractivity contribution >= 4 is 5.97 Å². The van der Waals surface area contributed by atoms with Crippen molar-refractivity contribution in [1.82, 2.24) is 0 Å². The summed E-state index contributed by atoms with van der Waals surface area (Å²) < 4.78 is 15.3. The Hall–Kier alpha value is -0.870. The molecule has 1 aliphatic heterocycles. The van der Waals surface area contributed by atoms with Crippen LogP contribution in [0.4, 0.5) is 0 Å². The largest absolute Gasteiger partial charge is 0.433 e. The highest BCUT2D eigenvalue weighted by Gasteiger charge is 2.19. The Morgan fingerprint density at radius 1 is 1.77 bits per heavy atom. The summed E-state index contributed by atoms with van der Waals surface area (Å²) in [7, 11) is 0. The summed E-state index contributed by atoms with van der Waals surface area (Å²) in [4.78, 5) is 10.7. The summed E-state index contributed by atoms with van der Waals surface area (Å²) in [6.45, 7) is 5.66. The fourth-order valence-corrected chi connectivity index (χ4v) is 1.11. The molecule has 4 nitrogen and oxygen atoms in total. The van der Waals surface area contributed by atoms with E-state index in [1.165, 1.54) is 0 Å². The van der Waals surface area contributed by atoms with Crippen LogP contribution in [0, 0.1) is 0 Å². The number of carbonyl (C=O) groups excluding carboxylic acids is 1. The first-order chi connectivity index (χ1) is 6.22. The number of ether oxygens (including phenoxy) is 3. The Bertz CT molecular complexity index is 184. The van der Waals surface area contributed by atoms with Crippen LogP contribution in [-0.4, -0.2) is 25.2 Å². The van der Waals surface area contributed by atoms with Gasteiger partial charge in [-0.15, -0.1) is 0 Å². The van der Waals surface area contributed by atoms with Crippen LogP contribution in [0.1, 0.15) is 19.8 Å². The lowest BCUT2D eigenvalue weighted by atomic mass is 10.4. The number of hydrogen-bond acceptors (Lipinski definition) is 4. The minimum atomic E-state index is -0.575. The molecule has 0 bridgehead atoms.